The third-order valence-electron chi connectivity index (χ3n) is 3.92. The summed E-state index contributed by atoms with van der Waals surface area (Å²) in [5, 5.41) is 13.1. The topological polar surface area (TPSA) is 39.1 Å². The number of rotatable bonds is 6. The van der Waals surface area contributed by atoms with Crippen LogP contribution in [0, 0.1) is 11.3 Å². The number of likely N-dealkylation sites (tertiary alicyclic amines) is 1. The fourth-order valence-electron chi connectivity index (χ4n) is 2.88. The van der Waals surface area contributed by atoms with E-state index in [1.54, 1.807) is 11.8 Å². The van der Waals surface area contributed by atoms with Gasteiger partial charge < -0.3 is 10.2 Å². The zero-order chi connectivity index (χ0) is 15.1. The van der Waals surface area contributed by atoms with Crippen molar-refractivity contribution in [2.75, 3.05) is 30.7 Å². The van der Waals surface area contributed by atoms with Gasteiger partial charge in [-0.1, -0.05) is 19.9 Å². The SMILES string of the molecule is CCCN1CCC(Nc2cccc(SCC)c2C#N)CC1. The molecule has 0 unspecified atom stereocenters. The summed E-state index contributed by atoms with van der Waals surface area (Å²) < 4.78 is 0. The average Bonchev–Trinajstić information content (AvgIpc) is 2.50. The standard InChI is InChI=1S/C17H25N3S/c1-3-10-20-11-8-14(9-12-20)19-16-6-5-7-17(21-4-2)15(16)13-18/h5-7,14,19H,3-4,8-12H2,1-2H3. The molecule has 4 heteroatoms. The molecule has 1 aliphatic rings. The van der Waals surface area contributed by atoms with Gasteiger partial charge in [0.1, 0.15) is 6.07 Å². The lowest BCUT2D eigenvalue weighted by Gasteiger charge is -2.32. The van der Waals surface area contributed by atoms with Gasteiger partial charge in [-0.3, -0.25) is 0 Å². The zero-order valence-electron chi connectivity index (χ0n) is 13.1. The number of nitriles is 1. The third kappa shape index (κ3) is 4.39. The summed E-state index contributed by atoms with van der Waals surface area (Å²) >= 11 is 1.74. The van der Waals surface area contributed by atoms with E-state index >= 15 is 0 Å². The van der Waals surface area contributed by atoms with Crippen LogP contribution in [0.2, 0.25) is 0 Å². The second-order valence-electron chi connectivity index (χ2n) is 5.48. The highest BCUT2D eigenvalue weighted by Gasteiger charge is 2.19. The van der Waals surface area contributed by atoms with Crippen LogP contribution in [-0.4, -0.2) is 36.3 Å². The van der Waals surface area contributed by atoms with Crippen LogP contribution in [0.3, 0.4) is 0 Å². The minimum Gasteiger partial charge on any atom is -0.381 e. The molecule has 0 saturated carbocycles. The van der Waals surface area contributed by atoms with Crippen molar-refractivity contribution in [3.05, 3.63) is 23.8 Å². The number of benzene rings is 1. The van der Waals surface area contributed by atoms with Gasteiger partial charge in [-0.15, -0.1) is 11.8 Å². The molecule has 114 valence electrons. The van der Waals surface area contributed by atoms with Crippen molar-refractivity contribution in [1.82, 2.24) is 4.90 Å². The van der Waals surface area contributed by atoms with E-state index in [-0.39, 0.29) is 0 Å². The van der Waals surface area contributed by atoms with Crippen LogP contribution in [0.1, 0.15) is 38.7 Å². The molecule has 1 aromatic rings. The Kier molecular flexibility index (Phi) is 6.41. The van der Waals surface area contributed by atoms with Crippen LogP contribution >= 0.6 is 11.8 Å². The summed E-state index contributed by atoms with van der Waals surface area (Å²) in [6.07, 6.45) is 3.55. The third-order valence-corrected chi connectivity index (χ3v) is 4.86. The number of thioether (sulfide) groups is 1. The molecule has 1 N–H and O–H groups in total. The van der Waals surface area contributed by atoms with Crippen LogP contribution in [0.25, 0.3) is 0 Å². The molecule has 1 saturated heterocycles. The van der Waals surface area contributed by atoms with Gasteiger partial charge in [0.25, 0.3) is 0 Å². The maximum atomic E-state index is 9.46. The fourth-order valence-corrected chi connectivity index (χ4v) is 3.67. The minimum atomic E-state index is 0.493. The highest BCUT2D eigenvalue weighted by atomic mass is 32.2. The predicted molar refractivity (Wildman–Crippen MR) is 90.9 cm³/mol. The molecule has 21 heavy (non-hydrogen) atoms. The van der Waals surface area contributed by atoms with Crippen LogP contribution < -0.4 is 5.32 Å². The summed E-state index contributed by atoms with van der Waals surface area (Å²) in [7, 11) is 0. The van der Waals surface area contributed by atoms with Crippen molar-refractivity contribution in [2.24, 2.45) is 0 Å². The summed E-state index contributed by atoms with van der Waals surface area (Å²) in [6, 6.07) is 9.00. The maximum Gasteiger partial charge on any atom is 0.102 e. The Morgan fingerprint density at radius 3 is 2.71 bits per heavy atom. The number of nitrogens with zero attached hydrogens (tertiary/aromatic N) is 2. The molecule has 1 aromatic carbocycles. The molecule has 1 heterocycles. The van der Waals surface area contributed by atoms with Gasteiger partial charge in [-0.2, -0.15) is 5.26 Å². The molecule has 0 radical (unpaired) electrons. The minimum absolute atomic E-state index is 0.493. The van der Waals surface area contributed by atoms with Crippen LogP contribution in [0.4, 0.5) is 5.69 Å². The second-order valence-corrected chi connectivity index (χ2v) is 6.79. The lowest BCUT2D eigenvalue weighted by molar-refractivity contribution is 0.219. The van der Waals surface area contributed by atoms with Gasteiger partial charge in [0.15, 0.2) is 0 Å². The highest BCUT2D eigenvalue weighted by molar-refractivity contribution is 7.99. The largest absolute Gasteiger partial charge is 0.381 e. The summed E-state index contributed by atoms with van der Waals surface area (Å²) in [5.74, 6) is 0.994. The maximum absolute atomic E-state index is 9.46. The molecule has 1 aliphatic heterocycles. The van der Waals surface area contributed by atoms with Gasteiger partial charge in [-0.05, 0) is 43.7 Å². The lowest BCUT2D eigenvalue weighted by atomic mass is 10.0. The predicted octanol–water partition coefficient (Wildman–Crippen LogP) is 3.96. The van der Waals surface area contributed by atoms with Gasteiger partial charge in [0.05, 0.1) is 11.3 Å². The second kappa shape index (κ2) is 8.31. The lowest BCUT2D eigenvalue weighted by Crippen LogP contribution is -2.39. The van der Waals surface area contributed by atoms with Crippen LogP contribution in [0.5, 0.6) is 0 Å². The molecule has 0 spiro atoms. The molecular formula is C17H25N3S. The van der Waals surface area contributed by atoms with Crippen molar-refractivity contribution < 1.29 is 0 Å². The Bertz CT molecular complexity index is 487. The Balaban J connectivity index is 2.00. The number of anilines is 1. The van der Waals surface area contributed by atoms with Crippen molar-refractivity contribution in [3.63, 3.8) is 0 Å². The van der Waals surface area contributed by atoms with Crippen LogP contribution in [0.15, 0.2) is 23.1 Å². The first-order chi connectivity index (χ1) is 10.3. The molecule has 3 nitrogen and oxygen atoms in total. The molecule has 0 atom stereocenters. The monoisotopic (exact) mass is 303 g/mol. The molecule has 2 rings (SSSR count). The summed E-state index contributed by atoms with van der Waals surface area (Å²) in [4.78, 5) is 3.63. The first-order valence-corrected chi connectivity index (χ1v) is 8.91. The summed E-state index contributed by atoms with van der Waals surface area (Å²) in [6.45, 7) is 7.89. The quantitative estimate of drug-likeness (QED) is 0.808. The molecule has 0 aliphatic carbocycles. The van der Waals surface area contributed by atoms with Crippen molar-refractivity contribution in [2.45, 2.75) is 44.0 Å². The number of hydrogen-bond acceptors (Lipinski definition) is 4. The van der Waals surface area contributed by atoms with Gasteiger partial charge in [0.2, 0.25) is 0 Å². The molecule has 0 aromatic heterocycles. The summed E-state index contributed by atoms with van der Waals surface area (Å²) in [5.41, 5.74) is 1.81. The van der Waals surface area contributed by atoms with Crippen molar-refractivity contribution in [3.8, 4) is 6.07 Å². The Morgan fingerprint density at radius 2 is 2.10 bits per heavy atom. The average molecular weight is 303 g/mol. The molecule has 1 fully saturated rings. The Labute approximate surface area is 132 Å². The fraction of sp³-hybridized carbons (Fsp3) is 0.588. The van der Waals surface area contributed by atoms with E-state index in [2.05, 4.69) is 30.1 Å². The van der Waals surface area contributed by atoms with E-state index in [1.165, 1.54) is 13.0 Å². The Hall–Kier alpha value is -1.18. The van der Waals surface area contributed by atoms with Crippen molar-refractivity contribution >= 4 is 17.4 Å². The Morgan fingerprint density at radius 1 is 1.33 bits per heavy atom. The van der Waals surface area contributed by atoms with Crippen molar-refractivity contribution in [1.29, 1.82) is 5.26 Å². The van der Waals surface area contributed by atoms with E-state index in [4.69, 9.17) is 0 Å². The number of hydrogen-bond donors (Lipinski definition) is 1. The van der Waals surface area contributed by atoms with E-state index in [1.807, 2.05) is 18.2 Å². The first kappa shape index (κ1) is 16.2. The normalized spacial score (nSPS) is 16.6. The van der Waals surface area contributed by atoms with E-state index in [0.717, 1.165) is 47.8 Å². The van der Waals surface area contributed by atoms with E-state index in [0.29, 0.717) is 6.04 Å². The smallest absolute Gasteiger partial charge is 0.102 e. The molecule has 0 bridgehead atoms. The molecule has 0 amide bonds. The van der Waals surface area contributed by atoms with E-state index < -0.39 is 0 Å². The van der Waals surface area contributed by atoms with Gasteiger partial charge in [-0.25, -0.2) is 0 Å². The van der Waals surface area contributed by atoms with Gasteiger partial charge in [0, 0.05) is 24.0 Å². The zero-order valence-corrected chi connectivity index (χ0v) is 13.9. The number of nitrogens with one attached hydrogen (secondary N) is 1. The van der Waals surface area contributed by atoms with E-state index in [9.17, 15) is 5.26 Å². The molecular weight excluding hydrogens is 278 g/mol. The first-order valence-electron chi connectivity index (χ1n) is 7.93. The van der Waals surface area contributed by atoms with Crippen LogP contribution in [-0.2, 0) is 0 Å². The highest BCUT2D eigenvalue weighted by Crippen LogP contribution is 2.29. The number of piperidine rings is 1. The van der Waals surface area contributed by atoms with Gasteiger partial charge >= 0.3 is 0 Å².